The molecule has 1 fully saturated rings. The normalized spacial score (nSPS) is 15.2. The second-order valence-corrected chi connectivity index (χ2v) is 8.72. The third-order valence-corrected chi connectivity index (χ3v) is 6.59. The lowest BCUT2D eigenvalue weighted by atomic mass is 9.96. The van der Waals surface area contributed by atoms with Crippen LogP contribution in [0.4, 0.5) is 0 Å². The summed E-state index contributed by atoms with van der Waals surface area (Å²) in [6.45, 7) is 0. The highest BCUT2D eigenvalue weighted by molar-refractivity contribution is 7.07. The number of thiazole rings is 1. The van der Waals surface area contributed by atoms with E-state index >= 15 is 0 Å². The first-order valence-electron chi connectivity index (χ1n) is 11.0. The Bertz CT molecular complexity index is 1150. The second-order valence-electron chi connectivity index (χ2n) is 7.88. The molecule has 7 nitrogen and oxygen atoms in total. The average molecular weight is 468 g/mol. The molecule has 33 heavy (non-hydrogen) atoms. The van der Waals surface area contributed by atoms with E-state index in [4.69, 9.17) is 24.3 Å². The molecule has 174 valence electrons. The van der Waals surface area contributed by atoms with Crippen molar-refractivity contribution in [1.82, 2.24) is 4.68 Å². The third-order valence-electron chi connectivity index (χ3n) is 5.76. The summed E-state index contributed by atoms with van der Waals surface area (Å²) in [7, 11) is 4.67. The van der Waals surface area contributed by atoms with E-state index in [1.807, 2.05) is 28.9 Å². The van der Waals surface area contributed by atoms with Gasteiger partial charge >= 0.3 is 0 Å². The Hall–Kier alpha value is -3.26. The molecule has 1 aliphatic carbocycles. The van der Waals surface area contributed by atoms with Crippen LogP contribution >= 0.6 is 11.3 Å². The molecule has 0 spiro atoms. The van der Waals surface area contributed by atoms with E-state index in [2.05, 4.69) is 5.38 Å². The van der Waals surface area contributed by atoms with E-state index in [0.29, 0.717) is 17.5 Å². The zero-order chi connectivity index (χ0) is 23.2. The number of hydrogen-bond donors (Lipinski definition) is 1. The number of ether oxygens (including phenoxy) is 3. The molecule has 1 aromatic heterocycles. The van der Waals surface area contributed by atoms with Crippen molar-refractivity contribution in [1.29, 1.82) is 0 Å². The Morgan fingerprint density at radius 2 is 1.64 bits per heavy atom. The lowest BCUT2D eigenvalue weighted by Crippen LogP contribution is -2.19. The van der Waals surface area contributed by atoms with Crippen molar-refractivity contribution >= 4 is 17.6 Å². The molecule has 0 aliphatic heterocycles. The molecule has 1 N–H and O–H groups in total. The van der Waals surface area contributed by atoms with Crippen molar-refractivity contribution in [2.24, 2.45) is 10.1 Å². The molecule has 1 saturated carbocycles. The molecule has 2 aromatic carbocycles. The fourth-order valence-corrected chi connectivity index (χ4v) is 4.85. The molecule has 3 aromatic rings. The lowest BCUT2D eigenvalue weighted by Gasteiger charge is -2.16. The number of aromatic hydroxyl groups is 1. The van der Waals surface area contributed by atoms with Gasteiger partial charge in [0.1, 0.15) is 5.75 Å². The number of benzene rings is 2. The lowest BCUT2D eigenvalue weighted by molar-refractivity contribution is 0.340. The highest BCUT2D eigenvalue weighted by Gasteiger charge is 2.15. The minimum absolute atomic E-state index is 0.0350. The predicted molar refractivity (Wildman–Crippen MR) is 131 cm³/mol. The molecule has 1 aliphatic rings. The summed E-state index contributed by atoms with van der Waals surface area (Å²) in [5.74, 6) is 1.42. The van der Waals surface area contributed by atoms with Gasteiger partial charge in [0, 0.05) is 16.5 Å². The van der Waals surface area contributed by atoms with Gasteiger partial charge in [0.2, 0.25) is 10.6 Å². The van der Waals surface area contributed by atoms with E-state index < -0.39 is 0 Å². The molecule has 0 amide bonds. The molecule has 1 heterocycles. The maximum atomic E-state index is 10.2. The monoisotopic (exact) mass is 467 g/mol. The van der Waals surface area contributed by atoms with Crippen molar-refractivity contribution in [3.05, 3.63) is 52.1 Å². The number of phenols is 1. The molecular weight excluding hydrogens is 438 g/mol. The predicted octanol–water partition coefficient (Wildman–Crippen LogP) is 5.06. The maximum absolute atomic E-state index is 10.2. The molecule has 0 unspecified atom stereocenters. The second kappa shape index (κ2) is 10.6. The third kappa shape index (κ3) is 5.22. The van der Waals surface area contributed by atoms with Crippen molar-refractivity contribution in [2.75, 3.05) is 21.3 Å². The Morgan fingerprint density at radius 3 is 2.24 bits per heavy atom. The van der Waals surface area contributed by atoms with Crippen molar-refractivity contribution in [3.8, 4) is 34.3 Å². The topological polar surface area (TPSA) is 77.6 Å². The van der Waals surface area contributed by atoms with Crippen molar-refractivity contribution in [3.63, 3.8) is 0 Å². The fourth-order valence-electron chi connectivity index (χ4n) is 3.94. The molecule has 0 radical (unpaired) electrons. The number of hydrogen-bond acceptors (Lipinski definition) is 7. The van der Waals surface area contributed by atoms with Crippen LogP contribution in [-0.2, 0) is 0 Å². The summed E-state index contributed by atoms with van der Waals surface area (Å²) in [4.78, 5) is 5.91. The summed E-state index contributed by atoms with van der Waals surface area (Å²) in [5.41, 5.74) is 2.71. The Labute approximate surface area is 197 Å². The van der Waals surface area contributed by atoms with Crippen molar-refractivity contribution in [2.45, 2.75) is 38.1 Å². The molecule has 8 heteroatoms. The fraction of sp³-hybridized carbons (Fsp3) is 0.360. The van der Waals surface area contributed by atoms with E-state index in [1.54, 1.807) is 36.8 Å². The van der Waals surface area contributed by atoms with Gasteiger partial charge in [-0.25, -0.2) is 4.68 Å². The Balaban J connectivity index is 1.77. The van der Waals surface area contributed by atoms with Gasteiger partial charge in [-0.2, -0.15) is 5.10 Å². The highest BCUT2D eigenvalue weighted by Crippen LogP contribution is 2.36. The maximum Gasteiger partial charge on any atom is 0.206 e. The summed E-state index contributed by atoms with van der Waals surface area (Å²) < 4.78 is 17.7. The number of phenolic OH excluding ortho intramolecular Hbond substituents is 1. The zero-order valence-corrected chi connectivity index (χ0v) is 20.0. The highest BCUT2D eigenvalue weighted by atomic mass is 32.1. The van der Waals surface area contributed by atoms with Crippen LogP contribution < -0.4 is 19.0 Å². The average Bonchev–Trinajstić information content (AvgIpc) is 3.26. The number of aromatic nitrogens is 1. The number of methoxy groups -OCH3 is 3. The van der Waals surface area contributed by atoms with Gasteiger partial charge in [0.05, 0.1) is 39.3 Å². The molecule has 0 bridgehead atoms. The first kappa shape index (κ1) is 22.9. The van der Waals surface area contributed by atoms with Crippen LogP contribution in [0.1, 0.15) is 37.7 Å². The van der Waals surface area contributed by atoms with E-state index in [-0.39, 0.29) is 5.75 Å². The van der Waals surface area contributed by atoms with Gasteiger partial charge in [0.25, 0.3) is 0 Å². The first-order valence-corrected chi connectivity index (χ1v) is 11.9. The van der Waals surface area contributed by atoms with Crippen LogP contribution in [0.3, 0.4) is 0 Å². The van der Waals surface area contributed by atoms with Gasteiger partial charge in [-0.15, -0.1) is 11.3 Å². The van der Waals surface area contributed by atoms with Gasteiger partial charge in [0.15, 0.2) is 11.5 Å². The molecule has 0 atom stereocenters. The number of rotatable bonds is 7. The van der Waals surface area contributed by atoms with Crippen LogP contribution in [0.5, 0.6) is 23.0 Å². The Morgan fingerprint density at radius 1 is 0.970 bits per heavy atom. The van der Waals surface area contributed by atoms with Crippen LogP contribution in [0, 0.1) is 0 Å². The van der Waals surface area contributed by atoms with E-state index in [0.717, 1.165) is 40.2 Å². The van der Waals surface area contributed by atoms with E-state index in [9.17, 15) is 5.11 Å². The summed E-state index contributed by atoms with van der Waals surface area (Å²) in [5, 5.41) is 17.1. The summed E-state index contributed by atoms with van der Waals surface area (Å²) in [6.07, 6.45) is 7.69. The smallest absolute Gasteiger partial charge is 0.206 e. The first-order chi connectivity index (χ1) is 16.1. The van der Waals surface area contributed by atoms with Gasteiger partial charge in [-0.3, -0.25) is 4.99 Å². The minimum atomic E-state index is -0.0350. The molecule has 0 saturated heterocycles. The number of nitrogens with zero attached hydrogens (tertiary/aromatic N) is 3. The van der Waals surface area contributed by atoms with Crippen LogP contribution in [0.2, 0.25) is 0 Å². The standard InChI is InChI=1S/C25H29N3O4S/c1-30-20-11-9-18(10-12-20)21-16-33-25(27-19-7-5-4-6-8-19)28(21)26-15-17-13-22(31-2)24(29)23(14-17)32-3/h9-16,19,29H,4-8H2,1-3H3. The minimum Gasteiger partial charge on any atom is -0.502 e. The Kier molecular flexibility index (Phi) is 7.34. The quantitative estimate of drug-likeness (QED) is 0.493. The largest absolute Gasteiger partial charge is 0.502 e. The summed E-state index contributed by atoms with van der Waals surface area (Å²) >= 11 is 1.59. The summed E-state index contributed by atoms with van der Waals surface area (Å²) in [6, 6.07) is 11.7. The van der Waals surface area contributed by atoms with Gasteiger partial charge in [-0.05, 0) is 49.2 Å². The zero-order valence-electron chi connectivity index (χ0n) is 19.2. The van der Waals surface area contributed by atoms with Gasteiger partial charge < -0.3 is 19.3 Å². The van der Waals surface area contributed by atoms with E-state index in [1.165, 1.54) is 33.5 Å². The molecular formula is C25H29N3O4S. The van der Waals surface area contributed by atoms with Crippen LogP contribution in [0.15, 0.2) is 51.9 Å². The van der Waals surface area contributed by atoms with Crippen LogP contribution in [-0.4, -0.2) is 43.4 Å². The van der Waals surface area contributed by atoms with Crippen molar-refractivity contribution < 1.29 is 19.3 Å². The van der Waals surface area contributed by atoms with Crippen LogP contribution in [0.25, 0.3) is 11.3 Å². The SMILES string of the molecule is COc1ccc(-c2csc(=NC3CCCCC3)n2N=Cc2cc(OC)c(O)c(OC)c2)cc1. The van der Waals surface area contributed by atoms with Gasteiger partial charge in [-0.1, -0.05) is 19.3 Å². The molecule has 4 rings (SSSR count).